The molecule has 3 aromatic rings. The van der Waals surface area contributed by atoms with Crippen LogP contribution in [0.3, 0.4) is 0 Å². The molecule has 27 heavy (non-hydrogen) atoms. The summed E-state index contributed by atoms with van der Waals surface area (Å²) in [7, 11) is 3.62. The molecule has 1 fully saturated rings. The molecule has 1 unspecified atom stereocenters. The van der Waals surface area contributed by atoms with E-state index in [2.05, 4.69) is 15.0 Å². The molecule has 0 radical (unpaired) electrons. The van der Waals surface area contributed by atoms with Crippen molar-refractivity contribution in [2.24, 2.45) is 7.05 Å². The first-order valence-corrected chi connectivity index (χ1v) is 9.02. The molecular weight excluding hydrogens is 344 g/mol. The van der Waals surface area contributed by atoms with E-state index in [-0.39, 0.29) is 17.5 Å². The Morgan fingerprint density at radius 1 is 1.33 bits per heavy atom. The molecule has 0 spiro atoms. The van der Waals surface area contributed by atoms with Crippen molar-refractivity contribution in [3.63, 3.8) is 0 Å². The fourth-order valence-corrected chi connectivity index (χ4v) is 3.58. The minimum absolute atomic E-state index is 0.0403. The van der Waals surface area contributed by atoms with Crippen LogP contribution in [0, 0.1) is 0 Å². The van der Waals surface area contributed by atoms with Crippen molar-refractivity contribution in [1.82, 2.24) is 24.1 Å². The van der Waals surface area contributed by atoms with Gasteiger partial charge in [-0.15, -0.1) is 0 Å². The van der Waals surface area contributed by atoms with E-state index >= 15 is 0 Å². The zero-order valence-electron chi connectivity index (χ0n) is 15.4. The Hall–Kier alpha value is -3.16. The number of aromatic nitrogens is 4. The lowest BCUT2D eigenvalue weighted by Gasteiger charge is -2.38. The molecular formula is C19H22N6O2. The lowest BCUT2D eigenvalue weighted by Crippen LogP contribution is -2.49. The number of piperidine rings is 1. The number of nitrogens with zero attached hydrogens (tertiary/aromatic N) is 6. The smallest absolute Gasteiger partial charge is 0.259 e. The predicted octanol–water partition coefficient (Wildman–Crippen LogP) is 1.17. The van der Waals surface area contributed by atoms with Gasteiger partial charge in [0.1, 0.15) is 11.5 Å². The number of anilines is 1. The third-order valence-electron chi connectivity index (χ3n) is 5.10. The summed E-state index contributed by atoms with van der Waals surface area (Å²) in [5.41, 5.74) is 1.11. The third kappa shape index (κ3) is 3.30. The van der Waals surface area contributed by atoms with Crippen LogP contribution in [0.4, 0.5) is 5.82 Å². The van der Waals surface area contributed by atoms with Crippen molar-refractivity contribution in [3.8, 4) is 0 Å². The predicted molar refractivity (Wildman–Crippen MR) is 102 cm³/mol. The van der Waals surface area contributed by atoms with Crippen LogP contribution in [-0.4, -0.2) is 56.2 Å². The fraction of sp³-hybridized carbons (Fsp3) is 0.368. The van der Waals surface area contributed by atoms with Gasteiger partial charge in [-0.25, -0.2) is 4.98 Å². The summed E-state index contributed by atoms with van der Waals surface area (Å²) >= 11 is 0. The van der Waals surface area contributed by atoms with Crippen LogP contribution in [0.1, 0.15) is 23.2 Å². The summed E-state index contributed by atoms with van der Waals surface area (Å²) < 4.78 is 3.16. The number of amides is 1. The van der Waals surface area contributed by atoms with E-state index in [1.165, 1.54) is 4.40 Å². The number of carbonyl (C=O) groups is 1. The fourth-order valence-electron chi connectivity index (χ4n) is 3.58. The number of pyridine rings is 1. The molecule has 4 heterocycles. The highest BCUT2D eigenvalue weighted by Crippen LogP contribution is 2.21. The highest BCUT2D eigenvalue weighted by atomic mass is 16.2. The molecule has 4 rings (SSSR count). The summed E-state index contributed by atoms with van der Waals surface area (Å²) in [6.45, 7) is 1.47. The molecule has 8 heteroatoms. The summed E-state index contributed by atoms with van der Waals surface area (Å²) in [4.78, 5) is 33.6. The molecule has 1 saturated heterocycles. The minimum Gasteiger partial charge on any atom is -0.354 e. The third-order valence-corrected chi connectivity index (χ3v) is 5.10. The summed E-state index contributed by atoms with van der Waals surface area (Å²) in [5.74, 6) is 0.625. The van der Waals surface area contributed by atoms with E-state index in [0.717, 1.165) is 19.4 Å². The first-order chi connectivity index (χ1) is 13.0. The number of carbonyl (C=O) groups excluding carboxylic acids is 1. The highest BCUT2D eigenvalue weighted by molar-refractivity contribution is 5.93. The Bertz CT molecular complexity index is 1040. The second-order valence-electron chi connectivity index (χ2n) is 6.94. The Labute approximate surface area is 156 Å². The zero-order valence-corrected chi connectivity index (χ0v) is 15.4. The minimum atomic E-state index is -0.0995. The molecule has 0 bridgehead atoms. The maximum Gasteiger partial charge on any atom is 0.259 e. The van der Waals surface area contributed by atoms with Gasteiger partial charge in [-0.3, -0.25) is 18.7 Å². The Morgan fingerprint density at radius 2 is 2.19 bits per heavy atom. The summed E-state index contributed by atoms with van der Waals surface area (Å²) in [6, 6.07) is 7.13. The molecule has 0 saturated carbocycles. The number of likely N-dealkylation sites (N-methyl/N-ethyl adjacent to an activating group) is 1. The molecule has 0 N–H and O–H groups in total. The zero-order chi connectivity index (χ0) is 19.0. The van der Waals surface area contributed by atoms with Crippen molar-refractivity contribution in [3.05, 3.63) is 58.8 Å². The molecule has 0 aliphatic carbocycles. The highest BCUT2D eigenvalue weighted by Gasteiger charge is 2.28. The molecule has 0 aromatic carbocycles. The van der Waals surface area contributed by atoms with Crippen molar-refractivity contribution < 1.29 is 4.79 Å². The largest absolute Gasteiger partial charge is 0.354 e. The van der Waals surface area contributed by atoms with Gasteiger partial charge in [-0.1, -0.05) is 6.07 Å². The monoisotopic (exact) mass is 366 g/mol. The van der Waals surface area contributed by atoms with E-state index in [1.54, 1.807) is 41.3 Å². The number of hydrogen-bond acceptors (Lipinski definition) is 5. The van der Waals surface area contributed by atoms with E-state index in [0.29, 0.717) is 23.6 Å². The topological polar surface area (TPSA) is 75.7 Å². The maximum atomic E-state index is 12.7. The average Bonchev–Trinajstić information content (AvgIpc) is 3.13. The van der Waals surface area contributed by atoms with Crippen LogP contribution >= 0.6 is 0 Å². The van der Waals surface area contributed by atoms with E-state index in [1.807, 2.05) is 25.2 Å². The maximum absolute atomic E-state index is 12.7. The van der Waals surface area contributed by atoms with Crippen LogP contribution in [0.25, 0.3) is 5.65 Å². The lowest BCUT2D eigenvalue weighted by atomic mass is 10.0. The van der Waals surface area contributed by atoms with Crippen molar-refractivity contribution in [2.45, 2.75) is 18.9 Å². The van der Waals surface area contributed by atoms with Gasteiger partial charge in [0.15, 0.2) is 0 Å². The SMILES string of the molecule is CN(C(=O)c1cnn(C)c1)C1CCCN(c2cc(=O)n3ccccc3n2)C1. The second-order valence-corrected chi connectivity index (χ2v) is 6.94. The van der Waals surface area contributed by atoms with Crippen LogP contribution in [0.15, 0.2) is 47.7 Å². The van der Waals surface area contributed by atoms with Gasteiger partial charge in [-0.05, 0) is 25.0 Å². The Balaban J connectivity index is 1.56. The van der Waals surface area contributed by atoms with Gasteiger partial charge in [0.2, 0.25) is 0 Å². The average molecular weight is 366 g/mol. The van der Waals surface area contributed by atoms with Crippen LogP contribution in [0.2, 0.25) is 0 Å². The van der Waals surface area contributed by atoms with Gasteiger partial charge in [0, 0.05) is 51.7 Å². The van der Waals surface area contributed by atoms with Crippen LogP contribution in [-0.2, 0) is 7.05 Å². The molecule has 140 valence electrons. The number of aryl methyl sites for hydroxylation is 1. The van der Waals surface area contributed by atoms with E-state index in [4.69, 9.17) is 0 Å². The van der Waals surface area contributed by atoms with Crippen molar-refractivity contribution in [2.75, 3.05) is 25.0 Å². The van der Waals surface area contributed by atoms with Crippen molar-refractivity contribution >= 4 is 17.4 Å². The molecule has 3 aromatic heterocycles. The summed E-state index contributed by atoms with van der Waals surface area (Å²) in [6.07, 6.45) is 6.89. The first kappa shape index (κ1) is 17.3. The van der Waals surface area contributed by atoms with Crippen LogP contribution in [0.5, 0.6) is 0 Å². The van der Waals surface area contributed by atoms with Gasteiger partial charge in [0.25, 0.3) is 11.5 Å². The molecule has 8 nitrogen and oxygen atoms in total. The normalized spacial score (nSPS) is 17.3. The van der Waals surface area contributed by atoms with E-state index in [9.17, 15) is 9.59 Å². The Morgan fingerprint density at radius 3 is 2.96 bits per heavy atom. The lowest BCUT2D eigenvalue weighted by molar-refractivity contribution is 0.0717. The quantitative estimate of drug-likeness (QED) is 0.696. The van der Waals surface area contributed by atoms with Gasteiger partial charge >= 0.3 is 0 Å². The van der Waals surface area contributed by atoms with Gasteiger partial charge < -0.3 is 9.80 Å². The molecule has 1 aliphatic rings. The summed E-state index contributed by atoms with van der Waals surface area (Å²) in [5, 5.41) is 4.08. The number of hydrogen-bond donors (Lipinski definition) is 0. The van der Waals surface area contributed by atoms with E-state index < -0.39 is 0 Å². The number of rotatable bonds is 3. The molecule has 1 amide bonds. The van der Waals surface area contributed by atoms with Crippen molar-refractivity contribution in [1.29, 1.82) is 0 Å². The van der Waals surface area contributed by atoms with Gasteiger partial charge in [0.05, 0.1) is 11.8 Å². The van der Waals surface area contributed by atoms with Crippen LogP contribution < -0.4 is 10.5 Å². The first-order valence-electron chi connectivity index (χ1n) is 9.02. The standard InChI is InChI=1S/C19H22N6O2/c1-22-12-14(11-20-22)19(27)23(2)15-6-5-8-24(13-15)17-10-18(26)25-9-4-3-7-16(25)21-17/h3-4,7,9-12,15H,5-6,8,13H2,1-2H3. The molecule has 1 atom stereocenters. The molecule has 1 aliphatic heterocycles. The number of fused-ring (bicyclic) bond motifs is 1. The Kier molecular flexibility index (Phi) is 4.39. The van der Waals surface area contributed by atoms with Gasteiger partial charge in [-0.2, -0.15) is 5.10 Å². The second kappa shape index (κ2) is 6.86.